The molecule has 3 rings (SSSR count). The van der Waals surface area contributed by atoms with Crippen LogP contribution in [0, 0.1) is 0 Å². The molecule has 1 N–H and O–H groups in total. The highest BCUT2D eigenvalue weighted by Gasteiger charge is 2.29. The van der Waals surface area contributed by atoms with Gasteiger partial charge in [0.05, 0.1) is 13.2 Å². The lowest BCUT2D eigenvalue weighted by Gasteiger charge is -2.18. The van der Waals surface area contributed by atoms with Crippen molar-refractivity contribution >= 4 is 11.6 Å². The van der Waals surface area contributed by atoms with Crippen LogP contribution in [0.2, 0.25) is 5.02 Å². The maximum atomic E-state index is 9.08. The topological polar surface area (TPSA) is 62.4 Å². The van der Waals surface area contributed by atoms with Crippen molar-refractivity contribution in [3.05, 3.63) is 35.1 Å². The summed E-state index contributed by atoms with van der Waals surface area (Å²) in [6.45, 7) is 1.40. The summed E-state index contributed by atoms with van der Waals surface area (Å²) in [7, 11) is 0. The van der Waals surface area contributed by atoms with Crippen LogP contribution in [0.4, 0.5) is 0 Å². The first kappa shape index (κ1) is 13.5. The number of halogens is 1. The number of nitrogens with zero attached hydrogens (tertiary/aromatic N) is 3. The highest BCUT2D eigenvalue weighted by Crippen LogP contribution is 2.28. The van der Waals surface area contributed by atoms with E-state index >= 15 is 0 Å². The lowest BCUT2D eigenvalue weighted by molar-refractivity contribution is 0.179. The van der Waals surface area contributed by atoms with Crippen LogP contribution in [-0.4, -0.2) is 39.3 Å². The molecular weight excluding hydrogens is 278 g/mol. The van der Waals surface area contributed by atoms with Gasteiger partial charge in [-0.25, -0.2) is 0 Å². The molecule has 0 unspecified atom stereocenters. The summed E-state index contributed by atoms with van der Waals surface area (Å²) < 4.78 is 5.28. The fourth-order valence-corrected chi connectivity index (χ4v) is 2.39. The van der Waals surface area contributed by atoms with Crippen molar-refractivity contribution in [2.24, 2.45) is 0 Å². The molecule has 1 saturated carbocycles. The summed E-state index contributed by atoms with van der Waals surface area (Å²) in [5.41, 5.74) is 0.816. The Balaban J connectivity index is 1.73. The number of hydrogen-bond donors (Lipinski definition) is 1. The molecule has 0 amide bonds. The molecule has 1 fully saturated rings. The Bertz CT molecular complexity index is 583. The standard InChI is InChI=1S/C14H16ClN3O2/c15-11-3-1-2-10(8-11)14-16-13(17-20-14)9-18(6-7-19)12-4-5-12/h1-3,8,12,19H,4-7,9H2. The summed E-state index contributed by atoms with van der Waals surface area (Å²) in [6, 6.07) is 7.89. The van der Waals surface area contributed by atoms with Crippen LogP contribution in [0.15, 0.2) is 28.8 Å². The quantitative estimate of drug-likeness (QED) is 0.886. The van der Waals surface area contributed by atoms with E-state index in [-0.39, 0.29) is 6.61 Å². The van der Waals surface area contributed by atoms with Gasteiger partial charge in [-0.05, 0) is 31.0 Å². The largest absolute Gasteiger partial charge is 0.395 e. The van der Waals surface area contributed by atoms with Gasteiger partial charge >= 0.3 is 0 Å². The van der Waals surface area contributed by atoms with Crippen molar-refractivity contribution in [3.63, 3.8) is 0 Å². The second kappa shape index (κ2) is 5.91. The minimum atomic E-state index is 0.148. The van der Waals surface area contributed by atoms with Crippen LogP contribution in [0.1, 0.15) is 18.7 Å². The molecular formula is C14H16ClN3O2. The Labute approximate surface area is 122 Å². The van der Waals surface area contributed by atoms with Crippen molar-refractivity contribution in [1.82, 2.24) is 15.0 Å². The first-order valence-electron chi connectivity index (χ1n) is 6.69. The number of rotatable bonds is 6. The molecule has 0 atom stereocenters. The third-order valence-electron chi connectivity index (χ3n) is 3.33. The van der Waals surface area contributed by atoms with Gasteiger partial charge in [0, 0.05) is 23.2 Å². The average molecular weight is 294 g/mol. The van der Waals surface area contributed by atoms with E-state index in [0.717, 1.165) is 5.56 Å². The van der Waals surface area contributed by atoms with Crippen molar-refractivity contribution in [2.75, 3.05) is 13.2 Å². The van der Waals surface area contributed by atoms with Crippen LogP contribution in [0.3, 0.4) is 0 Å². The lowest BCUT2D eigenvalue weighted by atomic mass is 10.2. The molecule has 5 nitrogen and oxygen atoms in total. The van der Waals surface area contributed by atoms with Crippen LogP contribution in [0.5, 0.6) is 0 Å². The number of aliphatic hydroxyl groups excluding tert-OH is 1. The molecule has 1 heterocycles. The van der Waals surface area contributed by atoms with Gasteiger partial charge in [-0.1, -0.05) is 22.8 Å². The minimum absolute atomic E-state index is 0.148. The van der Waals surface area contributed by atoms with Crippen LogP contribution >= 0.6 is 11.6 Å². The first-order valence-corrected chi connectivity index (χ1v) is 7.07. The molecule has 20 heavy (non-hydrogen) atoms. The summed E-state index contributed by atoms with van der Waals surface area (Å²) in [4.78, 5) is 6.58. The summed E-state index contributed by atoms with van der Waals surface area (Å²) >= 11 is 5.95. The van der Waals surface area contributed by atoms with Crippen molar-refractivity contribution in [2.45, 2.75) is 25.4 Å². The Morgan fingerprint density at radius 1 is 1.40 bits per heavy atom. The number of aromatic nitrogens is 2. The van der Waals surface area contributed by atoms with Gasteiger partial charge in [0.1, 0.15) is 0 Å². The van der Waals surface area contributed by atoms with Gasteiger partial charge in [0.25, 0.3) is 5.89 Å². The van der Waals surface area contributed by atoms with Gasteiger partial charge in [-0.15, -0.1) is 0 Å². The van der Waals surface area contributed by atoms with Crippen LogP contribution in [0.25, 0.3) is 11.5 Å². The minimum Gasteiger partial charge on any atom is -0.395 e. The summed E-state index contributed by atoms with van der Waals surface area (Å²) in [5, 5.41) is 13.7. The zero-order chi connectivity index (χ0) is 13.9. The van der Waals surface area contributed by atoms with Gasteiger partial charge in [0.15, 0.2) is 5.82 Å². The second-order valence-electron chi connectivity index (χ2n) is 4.95. The van der Waals surface area contributed by atoms with E-state index < -0.39 is 0 Å². The van der Waals surface area contributed by atoms with Gasteiger partial charge in [-0.2, -0.15) is 4.98 Å². The van der Waals surface area contributed by atoms with Gasteiger partial charge < -0.3 is 9.63 Å². The normalized spacial score (nSPS) is 14.9. The molecule has 0 spiro atoms. The van der Waals surface area contributed by atoms with E-state index in [4.69, 9.17) is 21.2 Å². The lowest BCUT2D eigenvalue weighted by Crippen LogP contribution is -2.29. The highest BCUT2D eigenvalue weighted by molar-refractivity contribution is 6.30. The molecule has 1 aromatic carbocycles. The second-order valence-corrected chi connectivity index (χ2v) is 5.39. The number of aliphatic hydroxyl groups is 1. The molecule has 1 aromatic heterocycles. The van der Waals surface area contributed by atoms with Crippen molar-refractivity contribution in [1.29, 1.82) is 0 Å². The molecule has 106 valence electrons. The predicted molar refractivity (Wildman–Crippen MR) is 75.3 cm³/mol. The maximum Gasteiger partial charge on any atom is 0.258 e. The number of hydrogen-bond acceptors (Lipinski definition) is 5. The number of benzene rings is 1. The molecule has 0 aliphatic heterocycles. The third-order valence-corrected chi connectivity index (χ3v) is 3.57. The Kier molecular flexibility index (Phi) is 4.00. The molecule has 6 heteroatoms. The highest BCUT2D eigenvalue weighted by atomic mass is 35.5. The Morgan fingerprint density at radius 3 is 2.95 bits per heavy atom. The monoisotopic (exact) mass is 293 g/mol. The van der Waals surface area contributed by atoms with E-state index in [9.17, 15) is 0 Å². The molecule has 1 aliphatic rings. The van der Waals surface area contributed by atoms with E-state index in [1.54, 1.807) is 12.1 Å². The third kappa shape index (κ3) is 3.17. The van der Waals surface area contributed by atoms with Gasteiger partial charge in [0.2, 0.25) is 0 Å². The fourth-order valence-electron chi connectivity index (χ4n) is 2.20. The first-order chi connectivity index (χ1) is 9.76. The van der Waals surface area contributed by atoms with E-state index in [1.807, 2.05) is 12.1 Å². The SMILES string of the molecule is OCCN(Cc1noc(-c2cccc(Cl)c2)n1)C1CC1. The predicted octanol–water partition coefficient (Wildman–Crippen LogP) is 2.35. The summed E-state index contributed by atoms with van der Waals surface area (Å²) in [5.74, 6) is 1.11. The smallest absolute Gasteiger partial charge is 0.258 e. The van der Waals surface area contributed by atoms with E-state index in [0.29, 0.717) is 35.9 Å². The van der Waals surface area contributed by atoms with E-state index in [2.05, 4.69) is 15.0 Å². The molecule has 0 radical (unpaired) electrons. The van der Waals surface area contributed by atoms with Crippen molar-refractivity contribution in [3.8, 4) is 11.5 Å². The Hall–Kier alpha value is -1.43. The molecule has 0 bridgehead atoms. The average Bonchev–Trinajstić information content (AvgIpc) is 3.18. The molecule has 2 aromatic rings. The van der Waals surface area contributed by atoms with E-state index in [1.165, 1.54) is 12.8 Å². The Morgan fingerprint density at radius 2 is 2.25 bits per heavy atom. The van der Waals surface area contributed by atoms with Crippen molar-refractivity contribution < 1.29 is 9.63 Å². The maximum absolute atomic E-state index is 9.08. The zero-order valence-corrected chi connectivity index (χ0v) is 11.8. The van der Waals surface area contributed by atoms with Crippen LogP contribution < -0.4 is 0 Å². The van der Waals surface area contributed by atoms with Gasteiger partial charge in [-0.3, -0.25) is 4.90 Å². The fraction of sp³-hybridized carbons (Fsp3) is 0.429. The molecule has 0 saturated heterocycles. The summed E-state index contributed by atoms with van der Waals surface area (Å²) in [6.07, 6.45) is 2.36. The zero-order valence-electron chi connectivity index (χ0n) is 11.0. The van der Waals surface area contributed by atoms with Crippen LogP contribution in [-0.2, 0) is 6.54 Å². The molecule has 1 aliphatic carbocycles.